The van der Waals surface area contributed by atoms with Gasteiger partial charge in [0.25, 0.3) is 5.91 Å². The van der Waals surface area contributed by atoms with Crippen molar-refractivity contribution in [3.63, 3.8) is 0 Å². The first kappa shape index (κ1) is 19.7. The van der Waals surface area contributed by atoms with E-state index in [1.54, 1.807) is 24.1 Å². The maximum Gasteiger partial charge on any atom is 0.266 e. The third-order valence-electron chi connectivity index (χ3n) is 5.33. The highest BCUT2D eigenvalue weighted by Crippen LogP contribution is 2.30. The van der Waals surface area contributed by atoms with E-state index < -0.39 is 6.10 Å². The minimum Gasteiger partial charge on any atom is -0.478 e. The predicted molar refractivity (Wildman–Crippen MR) is 114 cm³/mol. The van der Waals surface area contributed by atoms with Gasteiger partial charge in [0.1, 0.15) is 5.75 Å². The lowest BCUT2D eigenvalue weighted by molar-refractivity contribution is -0.136. The molecule has 1 aliphatic rings. The minimum absolute atomic E-state index is 0.0262. The van der Waals surface area contributed by atoms with Gasteiger partial charge in [0.2, 0.25) is 5.91 Å². The standard InChI is InChI=1S/C23H24N4O3/c1-15-18(16(2)27(25-15)17-9-5-4-6-10-17)14-26(3)22(28)13-21-23(29)24-19-11-7-8-12-20(19)30-21/h4-12,21H,13-14H2,1-3H3,(H,24,29)/t21-/m0/s1. The summed E-state index contributed by atoms with van der Waals surface area (Å²) in [6, 6.07) is 17.1. The van der Waals surface area contributed by atoms with Crippen LogP contribution in [0.5, 0.6) is 5.75 Å². The molecule has 0 unspecified atom stereocenters. The molecule has 2 amide bonds. The molecule has 4 rings (SSSR count). The number of nitrogens with one attached hydrogen (secondary N) is 1. The van der Waals surface area contributed by atoms with Gasteiger partial charge >= 0.3 is 0 Å². The van der Waals surface area contributed by atoms with E-state index in [0.717, 1.165) is 22.6 Å². The van der Waals surface area contributed by atoms with Crippen molar-refractivity contribution in [1.29, 1.82) is 0 Å². The second-order valence-electron chi connectivity index (χ2n) is 7.44. The normalized spacial score (nSPS) is 15.2. The van der Waals surface area contributed by atoms with E-state index in [1.165, 1.54) is 0 Å². The molecule has 0 fully saturated rings. The van der Waals surface area contributed by atoms with Crippen LogP contribution in [0.1, 0.15) is 23.4 Å². The second kappa shape index (κ2) is 8.02. The Bertz CT molecular complexity index is 1090. The number of para-hydroxylation sites is 3. The van der Waals surface area contributed by atoms with Gasteiger partial charge in [0, 0.05) is 24.8 Å². The number of nitrogens with zero attached hydrogens (tertiary/aromatic N) is 3. The maximum absolute atomic E-state index is 12.8. The molecule has 1 aliphatic heterocycles. The van der Waals surface area contributed by atoms with Crippen LogP contribution >= 0.6 is 0 Å². The summed E-state index contributed by atoms with van der Waals surface area (Å²) in [5.41, 5.74) is 4.45. The van der Waals surface area contributed by atoms with Gasteiger partial charge in [-0.15, -0.1) is 0 Å². The van der Waals surface area contributed by atoms with E-state index in [9.17, 15) is 9.59 Å². The quantitative estimate of drug-likeness (QED) is 0.708. The van der Waals surface area contributed by atoms with E-state index in [-0.39, 0.29) is 18.2 Å². The minimum atomic E-state index is -0.843. The van der Waals surface area contributed by atoms with Crippen LogP contribution in [-0.2, 0) is 16.1 Å². The summed E-state index contributed by atoms with van der Waals surface area (Å²) in [6.45, 7) is 4.35. The summed E-state index contributed by atoms with van der Waals surface area (Å²) in [5.74, 6) is 0.105. The first-order valence-corrected chi connectivity index (χ1v) is 9.85. The zero-order valence-electron chi connectivity index (χ0n) is 17.3. The van der Waals surface area contributed by atoms with Crippen LogP contribution in [0, 0.1) is 13.8 Å². The molecular weight excluding hydrogens is 380 g/mol. The number of amides is 2. The number of carbonyl (C=O) groups excluding carboxylic acids is 2. The molecule has 3 aromatic rings. The van der Waals surface area contributed by atoms with Gasteiger partial charge in [-0.3, -0.25) is 9.59 Å². The van der Waals surface area contributed by atoms with Gasteiger partial charge in [0.15, 0.2) is 6.10 Å². The summed E-state index contributed by atoms with van der Waals surface area (Å²) in [4.78, 5) is 26.7. The first-order valence-electron chi connectivity index (χ1n) is 9.85. The number of aryl methyl sites for hydroxylation is 1. The van der Waals surface area contributed by atoms with Crippen molar-refractivity contribution in [3.8, 4) is 11.4 Å². The smallest absolute Gasteiger partial charge is 0.266 e. The van der Waals surface area contributed by atoms with E-state index in [2.05, 4.69) is 10.4 Å². The molecule has 0 saturated carbocycles. The summed E-state index contributed by atoms with van der Waals surface area (Å²) in [7, 11) is 1.73. The van der Waals surface area contributed by atoms with Crippen LogP contribution in [0.4, 0.5) is 5.69 Å². The maximum atomic E-state index is 12.8. The molecule has 2 heterocycles. The van der Waals surface area contributed by atoms with Gasteiger partial charge in [-0.05, 0) is 38.1 Å². The summed E-state index contributed by atoms with van der Waals surface area (Å²) in [6.07, 6.45) is -0.870. The fourth-order valence-electron chi connectivity index (χ4n) is 3.59. The Labute approximate surface area is 175 Å². The number of fused-ring (bicyclic) bond motifs is 1. The Hall–Kier alpha value is -3.61. The Morgan fingerprint density at radius 2 is 1.83 bits per heavy atom. The SMILES string of the molecule is Cc1nn(-c2ccccc2)c(C)c1CN(C)C(=O)C[C@@H]1Oc2ccccc2NC1=O. The van der Waals surface area contributed by atoms with Gasteiger partial charge in [-0.1, -0.05) is 30.3 Å². The summed E-state index contributed by atoms with van der Waals surface area (Å²) in [5, 5.41) is 7.43. The third kappa shape index (κ3) is 3.78. The molecule has 1 aromatic heterocycles. The first-order chi connectivity index (χ1) is 14.4. The van der Waals surface area contributed by atoms with Crippen molar-refractivity contribution in [2.75, 3.05) is 12.4 Å². The van der Waals surface area contributed by atoms with Gasteiger partial charge in [0.05, 0.1) is 23.5 Å². The van der Waals surface area contributed by atoms with Gasteiger partial charge < -0.3 is 15.0 Å². The lowest BCUT2D eigenvalue weighted by Crippen LogP contribution is -2.41. The molecule has 0 radical (unpaired) electrons. The molecule has 0 spiro atoms. The largest absolute Gasteiger partial charge is 0.478 e. The van der Waals surface area contributed by atoms with Crippen molar-refractivity contribution in [2.24, 2.45) is 0 Å². The lowest BCUT2D eigenvalue weighted by Gasteiger charge is -2.27. The molecule has 0 bridgehead atoms. The Kier molecular flexibility index (Phi) is 5.27. The second-order valence-corrected chi connectivity index (χ2v) is 7.44. The van der Waals surface area contributed by atoms with Crippen molar-refractivity contribution >= 4 is 17.5 Å². The van der Waals surface area contributed by atoms with Gasteiger partial charge in [-0.25, -0.2) is 4.68 Å². The van der Waals surface area contributed by atoms with Crippen molar-refractivity contribution in [1.82, 2.24) is 14.7 Å². The van der Waals surface area contributed by atoms with Crippen LogP contribution in [-0.4, -0.2) is 39.6 Å². The van der Waals surface area contributed by atoms with Crippen LogP contribution < -0.4 is 10.1 Å². The van der Waals surface area contributed by atoms with Crippen molar-refractivity contribution in [2.45, 2.75) is 32.9 Å². The summed E-state index contributed by atoms with van der Waals surface area (Å²) < 4.78 is 7.64. The fourth-order valence-corrected chi connectivity index (χ4v) is 3.59. The molecule has 1 N–H and O–H groups in total. The molecule has 2 aromatic carbocycles. The molecule has 30 heavy (non-hydrogen) atoms. The van der Waals surface area contributed by atoms with Crippen LogP contribution in [0.3, 0.4) is 0 Å². The number of benzene rings is 2. The Morgan fingerprint density at radius 1 is 1.13 bits per heavy atom. The van der Waals surface area contributed by atoms with Crippen molar-refractivity contribution < 1.29 is 14.3 Å². The fraction of sp³-hybridized carbons (Fsp3) is 0.261. The number of rotatable bonds is 5. The third-order valence-corrected chi connectivity index (χ3v) is 5.33. The number of carbonyl (C=O) groups is 2. The highest BCUT2D eigenvalue weighted by molar-refractivity contribution is 5.99. The molecule has 0 saturated heterocycles. The monoisotopic (exact) mass is 404 g/mol. The number of hydrogen-bond donors (Lipinski definition) is 1. The number of aromatic nitrogens is 2. The topological polar surface area (TPSA) is 76.5 Å². The highest BCUT2D eigenvalue weighted by atomic mass is 16.5. The zero-order chi connectivity index (χ0) is 21.3. The number of ether oxygens (including phenoxy) is 1. The number of hydrogen-bond acceptors (Lipinski definition) is 4. The highest BCUT2D eigenvalue weighted by Gasteiger charge is 2.30. The molecule has 154 valence electrons. The van der Waals surface area contributed by atoms with E-state index >= 15 is 0 Å². The van der Waals surface area contributed by atoms with Crippen molar-refractivity contribution in [3.05, 3.63) is 71.5 Å². The number of anilines is 1. The van der Waals surface area contributed by atoms with Crippen LogP contribution in [0.25, 0.3) is 5.69 Å². The van der Waals surface area contributed by atoms with E-state index in [4.69, 9.17) is 4.74 Å². The zero-order valence-corrected chi connectivity index (χ0v) is 17.3. The molecule has 0 aliphatic carbocycles. The van der Waals surface area contributed by atoms with E-state index in [1.807, 2.05) is 61.0 Å². The Balaban J connectivity index is 1.46. The molecule has 7 heteroatoms. The van der Waals surface area contributed by atoms with E-state index in [0.29, 0.717) is 18.0 Å². The average Bonchev–Trinajstić information content (AvgIpc) is 3.03. The average molecular weight is 404 g/mol. The van der Waals surface area contributed by atoms with Crippen LogP contribution in [0.2, 0.25) is 0 Å². The molecule has 7 nitrogen and oxygen atoms in total. The predicted octanol–water partition coefficient (Wildman–Crippen LogP) is 3.24. The van der Waals surface area contributed by atoms with Crippen LogP contribution in [0.15, 0.2) is 54.6 Å². The van der Waals surface area contributed by atoms with Gasteiger partial charge in [-0.2, -0.15) is 5.10 Å². The lowest BCUT2D eigenvalue weighted by atomic mass is 10.1. The molecule has 1 atom stereocenters. The Morgan fingerprint density at radius 3 is 2.60 bits per heavy atom. The summed E-state index contributed by atoms with van der Waals surface area (Å²) >= 11 is 0. The molecular formula is C23H24N4O3.